The summed E-state index contributed by atoms with van der Waals surface area (Å²) in [5, 5.41) is 15.5. The van der Waals surface area contributed by atoms with Gasteiger partial charge in [-0.2, -0.15) is 0 Å². The van der Waals surface area contributed by atoms with E-state index in [-0.39, 0.29) is 22.5 Å². The fourth-order valence-corrected chi connectivity index (χ4v) is 4.39. The Bertz CT molecular complexity index is 1290. The molecule has 5 rings (SSSR count). The minimum Gasteiger partial charge on any atom is -0.481 e. The summed E-state index contributed by atoms with van der Waals surface area (Å²) in [7, 11) is 0. The molecule has 1 spiro atoms. The number of hydrogen-bond donors (Lipinski definition) is 4. The predicted octanol–water partition coefficient (Wildman–Crippen LogP) is 2.66. The molecule has 5 N–H and O–H groups in total. The van der Waals surface area contributed by atoms with E-state index < -0.39 is 28.4 Å². The molecule has 0 saturated heterocycles. The van der Waals surface area contributed by atoms with E-state index in [2.05, 4.69) is 15.6 Å². The molecule has 1 saturated carbocycles. The van der Waals surface area contributed by atoms with Gasteiger partial charge in [-0.1, -0.05) is 6.07 Å². The Kier molecular flexibility index (Phi) is 4.65. The van der Waals surface area contributed by atoms with Gasteiger partial charge in [0.1, 0.15) is 22.7 Å². The molecule has 3 heterocycles. The number of aromatic nitrogens is 2. The number of hydrogen-bond acceptors (Lipinski definition) is 7. The number of anilines is 3. The van der Waals surface area contributed by atoms with Gasteiger partial charge in [-0.3, -0.25) is 4.79 Å². The number of carboxylic acids is 1. The molecule has 9 nitrogen and oxygen atoms in total. The first-order chi connectivity index (χ1) is 15.4. The lowest BCUT2D eigenvalue weighted by Crippen LogP contribution is -2.49. The molecule has 0 bridgehead atoms. The van der Waals surface area contributed by atoms with Crippen molar-refractivity contribution >= 4 is 34.1 Å². The van der Waals surface area contributed by atoms with Crippen LogP contribution in [-0.2, 0) is 6.54 Å². The third-order valence-electron chi connectivity index (χ3n) is 6.12. The third-order valence-corrected chi connectivity index (χ3v) is 6.12. The van der Waals surface area contributed by atoms with Crippen LogP contribution in [0.3, 0.4) is 0 Å². The van der Waals surface area contributed by atoms with E-state index in [1.165, 1.54) is 6.20 Å². The highest BCUT2D eigenvalue weighted by molar-refractivity contribution is 6.03. The summed E-state index contributed by atoms with van der Waals surface area (Å²) in [5.41, 5.74) is 4.20. The summed E-state index contributed by atoms with van der Waals surface area (Å²) in [4.78, 5) is 28.6. The minimum atomic E-state index is -1.38. The van der Waals surface area contributed by atoms with Gasteiger partial charge >= 0.3 is 5.97 Å². The van der Waals surface area contributed by atoms with Crippen LogP contribution >= 0.6 is 0 Å². The molecule has 10 heteroatoms. The highest BCUT2D eigenvalue weighted by Gasteiger charge is 2.45. The zero-order valence-electron chi connectivity index (χ0n) is 17.2. The second-order valence-electron chi connectivity index (χ2n) is 8.17. The van der Waals surface area contributed by atoms with Gasteiger partial charge in [-0.15, -0.1) is 0 Å². The number of nitrogens with zero attached hydrogens (tertiary/aromatic N) is 2. The van der Waals surface area contributed by atoms with E-state index in [9.17, 15) is 14.7 Å². The average Bonchev–Trinajstić information content (AvgIpc) is 2.76. The zero-order chi connectivity index (χ0) is 22.5. The quantitative estimate of drug-likeness (QED) is 0.341. The molecule has 1 aromatic carbocycles. The van der Waals surface area contributed by atoms with Crippen molar-refractivity contribution in [1.29, 1.82) is 0 Å². The van der Waals surface area contributed by atoms with Crippen molar-refractivity contribution in [3.8, 4) is 5.75 Å². The maximum absolute atomic E-state index is 15.4. The van der Waals surface area contributed by atoms with Crippen molar-refractivity contribution in [1.82, 2.24) is 9.55 Å². The number of aromatic carboxylic acids is 1. The summed E-state index contributed by atoms with van der Waals surface area (Å²) in [5.74, 6) is -1.31. The van der Waals surface area contributed by atoms with Crippen molar-refractivity contribution in [3.63, 3.8) is 0 Å². The van der Waals surface area contributed by atoms with E-state index in [0.717, 1.165) is 19.3 Å². The van der Waals surface area contributed by atoms with Crippen LogP contribution in [0.4, 0.5) is 21.6 Å². The fraction of sp³-hybridized carbons (Fsp3) is 0.318. The molecule has 1 aliphatic carbocycles. The van der Waals surface area contributed by atoms with Crippen molar-refractivity contribution in [2.75, 3.05) is 29.5 Å². The smallest absolute Gasteiger partial charge is 0.341 e. The number of nitrogens with one attached hydrogen (secondary N) is 2. The molecule has 32 heavy (non-hydrogen) atoms. The minimum absolute atomic E-state index is 0.0695. The summed E-state index contributed by atoms with van der Waals surface area (Å²) in [6.45, 7) is 1.16. The largest absolute Gasteiger partial charge is 0.481 e. The summed E-state index contributed by atoms with van der Waals surface area (Å²) >= 11 is 0. The fourth-order valence-electron chi connectivity index (χ4n) is 4.39. The Morgan fingerprint density at radius 1 is 1.31 bits per heavy atom. The number of pyridine rings is 2. The number of nitrogen functional groups attached to an aromatic ring is 1. The first kappa shape index (κ1) is 20.1. The third kappa shape index (κ3) is 3.10. The topological polar surface area (TPSA) is 131 Å². The van der Waals surface area contributed by atoms with Gasteiger partial charge in [0.15, 0.2) is 11.6 Å². The van der Waals surface area contributed by atoms with Crippen LogP contribution in [0.15, 0.2) is 35.4 Å². The van der Waals surface area contributed by atoms with Crippen LogP contribution in [0.5, 0.6) is 5.75 Å². The second-order valence-corrected chi connectivity index (χ2v) is 8.17. The van der Waals surface area contributed by atoms with Crippen molar-refractivity contribution < 1.29 is 19.0 Å². The molecule has 166 valence electrons. The van der Waals surface area contributed by atoms with Gasteiger partial charge in [-0.05, 0) is 31.4 Å². The number of halogens is 1. The van der Waals surface area contributed by atoms with Crippen LogP contribution in [-0.4, -0.2) is 39.3 Å². The Morgan fingerprint density at radius 2 is 2.09 bits per heavy atom. The monoisotopic (exact) mass is 439 g/mol. The van der Waals surface area contributed by atoms with E-state index in [4.69, 9.17) is 10.5 Å². The van der Waals surface area contributed by atoms with Crippen molar-refractivity contribution in [2.24, 2.45) is 0 Å². The van der Waals surface area contributed by atoms with E-state index >= 15 is 4.39 Å². The van der Waals surface area contributed by atoms with Gasteiger partial charge < -0.3 is 30.8 Å². The number of rotatable bonds is 6. The van der Waals surface area contributed by atoms with Crippen LogP contribution in [0.2, 0.25) is 0 Å². The molecule has 0 atom stereocenters. The molecule has 0 unspecified atom stereocenters. The van der Waals surface area contributed by atoms with E-state index in [0.29, 0.717) is 31.0 Å². The van der Waals surface area contributed by atoms with Crippen molar-refractivity contribution in [2.45, 2.75) is 31.4 Å². The van der Waals surface area contributed by atoms with E-state index in [1.54, 1.807) is 10.8 Å². The number of carbonyl (C=O) groups is 1. The Labute approximate surface area is 182 Å². The van der Waals surface area contributed by atoms with E-state index in [1.807, 2.05) is 18.2 Å². The number of benzene rings is 1. The standard InChI is InChI=1S/C22H22FN5O4/c23-15-16(24)14-18-20(17(15)27-9-8-26-13-4-1-2-7-25-13)32-22(5-3-6-22)11-28(18)10-12(19(14)29)21(30)31/h1-2,4,7,10,27H,3,5-6,8-9,11,24H2,(H,25,26)(H,30,31). The molecule has 2 aromatic heterocycles. The summed E-state index contributed by atoms with van der Waals surface area (Å²) in [6.07, 6.45) is 5.45. The first-order valence-corrected chi connectivity index (χ1v) is 10.4. The van der Waals surface area contributed by atoms with Crippen LogP contribution in [0.25, 0.3) is 10.9 Å². The maximum atomic E-state index is 15.4. The number of carboxylic acid groups (broad SMARTS) is 1. The summed E-state index contributed by atoms with van der Waals surface area (Å²) in [6, 6.07) is 5.48. The Balaban J connectivity index is 1.57. The normalized spacial score (nSPS) is 15.8. The Morgan fingerprint density at radius 3 is 2.75 bits per heavy atom. The van der Waals surface area contributed by atoms with Gasteiger partial charge in [0.2, 0.25) is 5.43 Å². The lowest BCUT2D eigenvalue weighted by atomic mass is 9.79. The molecule has 3 aromatic rings. The number of nitrogens with two attached hydrogens (primary N) is 1. The lowest BCUT2D eigenvalue weighted by molar-refractivity contribution is -0.0278. The predicted molar refractivity (Wildman–Crippen MR) is 118 cm³/mol. The molecule has 1 fully saturated rings. The van der Waals surface area contributed by atoms with Gasteiger partial charge in [0.05, 0.1) is 23.1 Å². The zero-order valence-corrected chi connectivity index (χ0v) is 17.2. The number of ether oxygens (including phenoxy) is 1. The molecule has 0 radical (unpaired) electrons. The molecule has 2 aliphatic rings. The molecule has 1 aliphatic heterocycles. The average molecular weight is 439 g/mol. The van der Waals surface area contributed by atoms with Gasteiger partial charge in [-0.25, -0.2) is 14.2 Å². The van der Waals surface area contributed by atoms with Gasteiger partial charge in [0, 0.05) is 25.5 Å². The SMILES string of the molecule is Nc1c(F)c(NCCNc2ccccn2)c2c3c1c(=O)c(C(=O)O)cn3CC1(CCC1)O2. The molecular weight excluding hydrogens is 417 g/mol. The van der Waals surface area contributed by atoms with Gasteiger partial charge in [0.25, 0.3) is 0 Å². The van der Waals surface area contributed by atoms with Crippen LogP contribution in [0, 0.1) is 5.82 Å². The van der Waals surface area contributed by atoms with Crippen LogP contribution < -0.4 is 26.5 Å². The highest BCUT2D eigenvalue weighted by Crippen LogP contribution is 2.49. The highest BCUT2D eigenvalue weighted by atomic mass is 19.1. The first-order valence-electron chi connectivity index (χ1n) is 10.4. The summed E-state index contributed by atoms with van der Waals surface area (Å²) < 4.78 is 23.3. The molecular formula is C22H22FN5O4. The Hall–Kier alpha value is -3.82. The molecule has 0 amide bonds. The van der Waals surface area contributed by atoms with Crippen molar-refractivity contribution in [3.05, 3.63) is 52.2 Å². The van der Waals surface area contributed by atoms with Crippen LogP contribution in [0.1, 0.15) is 29.6 Å². The maximum Gasteiger partial charge on any atom is 0.341 e. The second kappa shape index (κ2) is 7.40. The lowest BCUT2D eigenvalue weighted by Gasteiger charge is -2.46.